The molecule has 0 aromatic carbocycles. The quantitative estimate of drug-likeness (QED) is 0.808. The Bertz CT molecular complexity index is 355. The van der Waals surface area contributed by atoms with Gasteiger partial charge in [0.25, 0.3) is 0 Å². The molecule has 0 spiro atoms. The Kier molecular flexibility index (Phi) is 5.42. The van der Waals surface area contributed by atoms with Crippen LogP contribution in [-0.4, -0.2) is 31.1 Å². The second-order valence-corrected chi connectivity index (χ2v) is 6.37. The molecule has 0 aliphatic rings. The Labute approximate surface area is 112 Å². The average molecular weight is 252 g/mol. The Balaban J connectivity index is 2.43. The summed E-state index contributed by atoms with van der Waals surface area (Å²) in [6, 6.07) is 2.61. The highest BCUT2D eigenvalue weighted by Gasteiger charge is 2.20. The van der Waals surface area contributed by atoms with Crippen molar-refractivity contribution in [3.63, 3.8) is 0 Å². The first-order chi connectivity index (χ1) is 8.30. The number of nitrogens with one attached hydrogen (secondary N) is 1. The minimum atomic E-state index is 0.274. The molecule has 1 N–H and O–H groups in total. The van der Waals surface area contributed by atoms with Gasteiger partial charge in [-0.15, -0.1) is 0 Å². The molecular formula is C15H28N2O. The summed E-state index contributed by atoms with van der Waals surface area (Å²) < 4.78 is 5.34. The van der Waals surface area contributed by atoms with Gasteiger partial charge in [-0.25, -0.2) is 0 Å². The maximum atomic E-state index is 5.34. The second-order valence-electron chi connectivity index (χ2n) is 6.37. The first kappa shape index (κ1) is 15.3. The summed E-state index contributed by atoms with van der Waals surface area (Å²) in [5.74, 6) is 1.03. The molecule has 104 valence electrons. The van der Waals surface area contributed by atoms with Crippen LogP contribution in [0.5, 0.6) is 0 Å². The van der Waals surface area contributed by atoms with E-state index in [4.69, 9.17) is 4.42 Å². The van der Waals surface area contributed by atoms with Crippen LogP contribution in [0.2, 0.25) is 0 Å². The molecule has 0 aliphatic heterocycles. The number of hydrogen-bond acceptors (Lipinski definition) is 3. The normalized spacial score (nSPS) is 12.7. The first-order valence-electron chi connectivity index (χ1n) is 6.75. The minimum Gasteiger partial charge on any atom is -0.469 e. The molecule has 0 saturated heterocycles. The van der Waals surface area contributed by atoms with Gasteiger partial charge in [0.1, 0.15) is 5.76 Å². The number of rotatable bonds is 7. The first-order valence-corrected chi connectivity index (χ1v) is 6.75. The molecule has 0 unspecified atom stereocenters. The zero-order chi connectivity index (χ0) is 13.8. The van der Waals surface area contributed by atoms with Crippen molar-refractivity contribution in [2.45, 2.75) is 47.2 Å². The largest absolute Gasteiger partial charge is 0.469 e. The third kappa shape index (κ3) is 5.23. The van der Waals surface area contributed by atoms with Crippen molar-refractivity contribution in [1.29, 1.82) is 0 Å². The monoisotopic (exact) mass is 252 g/mol. The van der Waals surface area contributed by atoms with Crippen molar-refractivity contribution in [2.75, 3.05) is 20.1 Å². The van der Waals surface area contributed by atoms with Gasteiger partial charge in [0.15, 0.2) is 0 Å². The molecule has 3 heteroatoms. The van der Waals surface area contributed by atoms with E-state index in [1.54, 1.807) is 6.26 Å². The molecule has 18 heavy (non-hydrogen) atoms. The predicted octanol–water partition coefficient (Wildman–Crippen LogP) is 3.04. The molecule has 0 aliphatic carbocycles. The Morgan fingerprint density at radius 1 is 1.39 bits per heavy atom. The van der Waals surface area contributed by atoms with Gasteiger partial charge in [-0.2, -0.15) is 0 Å². The Morgan fingerprint density at radius 3 is 2.56 bits per heavy atom. The minimum absolute atomic E-state index is 0.274. The number of aryl methyl sites for hydroxylation is 1. The lowest BCUT2D eigenvalue weighted by Gasteiger charge is -2.31. The van der Waals surface area contributed by atoms with Crippen molar-refractivity contribution in [3.8, 4) is 0 Å². The van der Waals surface area contributed by atoms with Crippen LogP contribution in [0, 0.1) is 12.3 Å². The zero-order valence-corrected chi connectivity index (χ0v) is 12.7. The molecule has 0 radical (unpaired) electrons. The lowest BCUT2D eigenvalue weighted by molar-refractivity contribution is 0.194. The fourth-order valence-electron chi connectivity index (χ4n) is 2.19. The molecular weight excluding hydrogens is 224 g/mol. The molecule has 1 aromatic heterocycles. The van der Waals surface area contributed by atoms with E-state index < -0.39 is 0 Å². The molecule has 0 amide bonds. The van der Waals surface area contributed by atoms with Crippen LogP contribution in [0.4, 0.5) is 0 Å². The maximum Gasteiger partial charge on any atom is 0.105 e. The second kappa shape index (κ2) is 6.39. The van der Waals surface area contributed by atoms with E-state index in [1.165, 1.54) is 5.56 Å². The molecule has 1 rings (SSSR count). The van der Waals surface area contributed by atoms with Crippen LogP contribution in [0.25, 0.3) is 0 Å². The van der Waals surface area contributed by atoms with Gasteiger partial charge in [-0.1, -0.05) is 27.7 Å². The van der Waals surface area contributed by atoms with Crippen LogP contribution >= 0.6 is 0 Å². The summed E-state index contributed by atoms with van der Waals surface area (Å²) in [5, 5.41) is 3.52. The highest BCUT2D eigenvalue weighted by atomic mass is 16.3. The van der Waals surface area contributed by atoms with Crippen LogP contribution in [0.15, 0.2) is 16.7 Å². The van der Waals surface area contributed by atoms with Crippen molar-refractivity contribution < 1.29 is 4.42 Å². The van der Waals surface area contributed by atoms with Gasteiger partial charge >= 0.3 is 0 Å². The number of nitrogens with zero attached hydrogens (tertiary/aromatic N) is 1. The van der Waals surface area contributed by atoms with Crippen molar-refractivity contribution in [2.24, 2.45) is 5.41 Å². The maximum absolute atomic E-state index is 5.34. The molecule has 1 heterocycles. The molecule has 0 atom stereocenters. The van der Waals surface area contributed by atoms with Gasteiger partial charge in [0.05, 0.1) is 6.26 Å². The fourth-order valence-corrected chi connectivity index (χ4v) is 2.19. The predicted molar refractivity (Wildman–Crippen MR) is 76.7 cm³/mol. The fraction of sp³-hybridized carbons (Fsp3) is 0.733. The Hall–Kier alpha value is -0.800. The summed E-state index contributed by atoms with van der Waals surface area (Å²) in [7, 11) is 2.17. The summed E-state index contributed by atoms with van der Waals surface area (Å²) in [6.07, 6.45) is 1.77. The van der Waals surface area contributed by atoms with Crippen molar-refractivity contribution in [3.05, 3.63) is 23.7 Å². The number of furan rings is 1. The van der Waals surface area contributed by atoms with Gasteiger partial charge < -0.3 is 14.6 Å². The Morgan fingerprint density at radius 2 is 2.06 bits per heavy atom. The third-order valence-electron chi connectivity index (χ3n) is 3.09. The molecule has 1 aromatic rings. The zero-order valence-electron chi connectivity index (χ0n) is 12.7. The highest BCUT2D eigenvalue weighted by Crippen LogP contribution is 2.18. The van der Waals surface area contributed by atoms with E-state index in [2.05, 4.69) is 51.0 Å². The van der Waals surface area contributed by atoms with Crippen LogP contribution in [0.1, 0.15) is 39.0 Å². The summed E-state index contributed by atoms with van der Waals surface area (Å²) >= 11 is 0. The summed E-state index contributed by atoms with van der Waals surface area (Å²) in [6.45, 7) is 14.1. The smallest absolute Gasteiger partial charge is 0.105 e. The standard InChI is InChI=1S/C15H28N2O/c1-12(2)16-10-15(4,5)11-17(6)9-14-7-8-18-13(14)3/h7-8,12,16H,9-11H2,1-6H3. The van der Waals surface area contributed by atoms with Gasteiger partial charge in [0.2, 0.25) is 0 Å². The average Bonchev–Trinajstić information content (AvgIpc) is 2.61. The van der Waals surface area contributed by atoms with Gasteiger partial charge in [0, 0.05) is 31.2 Å². The van der Waals surface area contributed by atoms with E-state index in [1.807, 2.05) is 6.92 Å². The lowest BCUT2D eigenvalue weighted by Crippen LogP contribution is -2.40. The molecule has 0 saturated carbocycles. The van der Waals surface area contributed by atoms with Crippen LogP contribution in [-0.2, 0) is 6.54 Å². The van der Waals surface area contributed by atoms with Crippen molar-refractivity contribution >= 4 is 0 Å². The van der Waals surface area contributed by atoms with E-state index >= 15 is 0 Å². The van der Waals surface area contributed by atoms with E-state index in [0.29, 0.717) is 6.04 Å². The summed E-state index contributed by atoms with van der Waals surface area (Å²) in [5.41, 5.74) is 1.56. The SMILES string of the molecule is Cc1occc1CN(C)CC(C)(C)CNC(C)C. The summed E-state index contributed by atoms with van der Waals surface area (Å²) in [4.78, 5) is 2.36. The van der Waals surface area contributed by atoms with Gasteiger partial charge in [-0.05, 0) is 25.5 Å². The van der Waals surface area contributed by atoms with Crippen LogP contribution < -0.4 is 5.32 Å². The topological polar surface area (TPSA) is 28.4 Å². The third-order valence-corrected chi connectivity index (χ3v) is 3.09. The van der Waals surface area contributed by atoms with E-state index in [0.717, 1.165) is 25.4 Å². The van der Waals surface area contributed by atoms with Crippen LogP contribution in [0.3, 0.4) is 0 Å². The van der Waals surface area contributed by atoms with E-state index in [-0.39, 0.29) is 5.41 Å². The molecule has 3 nitrogen and oxygen atoms in total. The number of hydrogen-bond donors (Lipinski definition) is 1. The van der Waals surface area contributed by atoms with Crippen molar-refractivity contribution in [1.82, 2.24) is 10.2 Å². The highest BCUT2D eigenvalue weighted by molar-refractivity contribution is 5.15. The van der Waals surface area contributed by atoms with E-state index in [9.17, 15) is 0 Å². The van der Waals surface area contributed by atoms with Gasteiger partial charge in [-0.3, -0.25) is 0 Å². The molecule has 0 bridgehead atoms. The molecule has 0 fully saturated rings. The lowest BCUT2D eigenvalue weighted by atomic mass is 9.92.